The molecule has 5 heteroatoms. The summed E-state index contributed by atoms with van der Waals surface area (Å²) in [6, 6.07) is 5.26. The van der Waals surface area contributed by atoms with Gasteiger partial charge in [0.25, 0.3) is 0 Å². The first-order valence-electron chi connectivity index (χ1n) is 6.25. The van der Waals surface area contributed by atoms with E-state index >= 15 is 0 Å². The average Bonchev–Trinajstić information content (AvgIpc) is 2.80. The van der Waals surface area contributed by atoms with E-state index in [2.05, 4.69) is 33.2 Å². The highest BCUT2D eigenvalue weighted by Crippen LogP contribution is 2.21. The number of aromatic nitrogens is 2. The molecular formula is C14H17BrFN3. The third-order valence-electron chi connectivity index (χ3n) is 2.96. The Labute approximate surface area is 121 Å². The van der Waals surface area contributed by atoms with E-state index in [9.17, 15) is 4.39 Å². The van der Waals surface area contributed by atoms with Gasteiger partial charge in [0.05, 0.1) is 22.5 Å². The minimum atomic E-state index is -0.235. The van der Waals surface area contributed by atoms with Crippen molar-refractivity contribution >= 4 is 15.9 Å². The van der Waals surface area contributed by atoms with E-state index in [0.717, 1.165) is 24.2 Å². The molecule has 1 aromatic heterocycles. The number of halogens is 2. The van der Waals surface area contributed by atoms with Gasteiger partial charge in [-0.15, -0.1) is 0 Å². The summed E-state index contributed by atoms with van der Waals surface area (Å²) in [6.45, 7) is 2.93. The Hall–Kier alpha value is -1.20. The summed E-state index contributed by atoms with van der Waals surface area (Å²) in [6.07, 6.45) is 4.58. The molecule has 0 saturated carbocycles. The zero-order valence-corrected chi connectivity index (χ0v) is 12.6. The molecule has 1 aromatic carbocycles. The molecule has 0 radical (unpaired) electrons. The molecule has 1 heterocycles. The van der Waals surface area contributed by atoms with Gasteiger partial charge < -0.3 is 9.88 Å². The van der Waals surface area contributed by atoms with Crippen LogP contribution in [0.5, 0.6) is 0 Å². The van der Waals surface area contributed by atoms with Gasteiger partial charge >= 0.3 is 0 Å². The highest BCUT2D eigenvalue weighted by molar-refractivity contribution is 9.10. The normalized spacial score (nSPS) is 12.6. The minimum Gasteiger partial charge on any atom is -0.340 e. The summed E-state index contributed by atoms with van der Waals surface area (Å²) in [7, 11) is 1.95. The van der Waals surface area contributed by atoms with Crippen molar-refractivity contribution in [1.82, 2.24) is 14.9 Å². The molecule has 102 valence electrons. The Morgan fingerprint density at radius 2 is 2.26 bits per heavy atom. The summed E-state index contributed by atoms with van der Waals surface area (Å²) in [5.74, 6) is -0.235. The van der Waals surface area contributed by atoms with E-state index in [4.69, 9.17) is 0 Å². The van der Waals surface area contributed by atoms with Gasteiger partial charge in [-0.3, -0.25) is 0 Å². The van der Waals surface area contributed by atoms with Crippen LogP contribution in [0.3, 0.4) is 0 Å². The SMILES string of the molecule is CCNC(Cc1ccc(F)c(Br)c1)c1cn(C)cn1. The maximum absolute atomic E-state index is 13.2. The van der Waals surface area contributed by atoms with Crippen LogP contribution >= 0.6 is 15.9 Å². The summed E-state index contributed by atoms with van der Waals surface area (Å²) in [5.41, 5.74) is 2.08. The topological polar surface area (TPSA) is 29.9 Å². The summed E-state index contributed by atoms with van der Waals surface area (Å²) in [4.78, 5) is 4.39. The third-order valence-corrected chi connectivity index (χ3v) is 3.56. The number of nitrogens with one attached hydrogen (secondary N) is 1. The molecule has 0 amide bonds. The zero-order chi connectivity index (χ0) is 13.8. The van der Waals surface area contributed by atoms with Gasteiger partial charge in [0.2, 0.25) is 0 Å². The van der Waals surface area contributed by atoms with Crippen molar-refractivity contribution in [2.24, 2.45) is 7.05 Å². The molecule has 0 aliphatic rings. The van der Waals surface area contributed by atoms with E-state index in [-0.39, 0.29) is 11.9 Å². The first-order chi connectivity index (χ1) is 9.10. The van der Waals surface area contributed by atoms with E-state index in [1.165, 1.54) is 6.07 Å². The van der Waals surface area contributed by atoms with Gasteiger partial charge in [-0.2, -0.15) is 0 Å². The van der Waals surface area contributed by atoms with Crippen LogP contribution in [0.4, 0.5) is 4.39 Å². The molecular weight excluding hydrogens is 309 g/mol. The molecule has 0 fully saturated rings. The molecule has 0 spiro atoms. The van der Waals surface area contributed by atoms with Crippen LogP contribution in [0.25, 0.3) is 0 Å². The van der Waals surface area contributed by atoms with Gasteiger partial charge in [0.1, 0.15) is 5.82 Å². The first kappa shape index (κ1) is 14.2. The largest absolute Gasteiger partial charge is 0.340 e. The number of benzene rings is 1. The van der Waals surface area contributed by atoms with Crippen LogP contribution in [-0.4, -0.2) is 16.1 Å². The fraction of sp³-hybridized carbons (Fsp3) is 0.357. The summed E-state index contributed by atoms with van der Waals surface area (Å²) in [5, 5.41) is 3.41. The average molecular weight is 326 g/mol. The Morgan fingerprint density at radius 1 is 1.47 bits per heavy atom. The lowest BCUT2D eigenvalue weighted by Crippen LogP contribution is -2.23. The van der Waals surface area contributed by atoms with Gasteiger partial charge in [-0.05, 0) is 46.6 Å². The van der Waals surface area contributed by atoms with E-state index in [0.29, 0.717) is 4.47 Å². The van der Waals surface area contributed by atoms with Crippen molar-refractivity contribution in [2.75, 3.05) is 6.54 Å². The Morgan fingerprint density at radius 3 is 2.84 bits per heavy atom. The van der Waals surface area contributed by atoms with Gasteiger partial charge in [-0.1, -0.05) is 13.0 Å². The summed E-state index contributed by atoms with van der Waals surface area (Å²) < 4.78 is 15.7. The monoisotopic (exact) mass is 325 g/mol. The first-order valence-corrected chi connectivity index (χ1v) is 7.04. The second-order valence-electron chi connectivity index (χ2n) is 4.53. The molecule has 3 nitrogen and oxygen atoms in total. The predicted octanol–water partition coefficient (Wildman–Crippen LogP) is 3.22. The van der Waals surface area contributed by atoms with Crippen LogP contribution in [0.15, 0.2) is 35.2 Å². The zero-order valence-electron chi connectivity index (χ0n) is 11.0. The molecule has 1 N–H and O–H groups in total. The van der Waals surface area contributed by atoms with E-state index in [1.54, 1.807) is 6.33 Å². The molecule has 0 aliphatic carbocycles. The molecule has 0 bridgehead atoms. The smallest absolute Gasteiger partial charge is 0.137 e. The van der Waals surface area contributed by atoms with Crippen molar-refractivity contribution in [3.8, 4) is 0 Å². The highest BCUT2D eigenvalue weighted by Gasteiger charge is 2.14. The second-order valence-corrected chi connectivity index (χ2v) is 5.38. The van der Waals surface area contributed by atoms with Crippen molar-refractivity contribution < 1.29 is 4.39 Å². The lowest BCUT2D eigenvalue weighted by molar-refractivity contribution is 0.537. The lowest BCUT2D eigenvalue weighted by atomic mass is 10.0. The van der Waals surface area contributed by atoms with Crippen LogP contribution < -0.4 is 5.32 Å². The number of nitrogens with zero attached hydrogens (tertiary/aromatic N) is 2. The Kier molecular flexibility index (Phi) is 4.71. The fourth-order valence-corrected chi connectivity index (χ4v) is 2.47. The Bertz CT molecular complexity index is 553. The summed E-state index contributed by atoms with van der Waals surface area (Å²) >= 11 is 3.22. The molecule has 2 rings (SSSR count). The van der Waals surface area contributed by atoms with Crippen LogP contribution in [-0.2, 0) is 13.5 Å². The van der Waals surface area contributed by atoms with Gasteiger partial charge in [0, 0.05) is 13.2 Å². The van der Waals surface area contributed by atoms with E-state index < -0.39 is 0 Å². The molecule has 2 aromatic rings. The number of aryl methyl sites for hydroxylation is 1. The standard InChI is InChI=1S/C14H17BrFN3/c1-3-17-13(14-8-19(2)9-18-14)7-10-4-5-12(16)11(15)6-10/h4-6,8-9,13,17H,3,7H2,1-2H3. The predicted molar refractivity (Wildman–Crippen MR) is 77.4 cm³/mol. The van der Waals surface area contributed by atoms with Gasteiger partial charge in [0.15, 0.2) is 0 Å². The highest BCUT2D eigenvalue weighted by atomic mass is 79.9. The maximum atomic E-state index is 13.2. The van der Waals surface area contributed by atoms with Crippen molar-refractivity contribution in [2.45, 2.75) is 19.4 Å². The number of hydrogen-bond acceptors (Lipinski definition) is 2. The Balaban J connectivity index is 2.18. The molecule has 19 heavy (non-hydrogen) atoms. The number of rotatable bonds is 5. The number of imidazole rings is 1. The van der Waals surface area contributed by atoms with Crippen LogP contribution in [0.2, 0.25) is 0 Å². The molecule has 1 unspecified atom stereocenters. The van der Waals surface area contributed by atoms with Crippen molar-refractivity contribution in [3.63, 3.8) is 0 Å². The lowest BCUT2D eigenvalue weighted by Gasteiger charge is -2.16. The third kappa shape index (κ3) is 3.64. The molecule has 0 aliphatic heterocycles. The number of hydrogen-bond donors (Lipinski definition) is 1. The second kappa shape index (κ2) is 6.30. The molecule has 0 saturated heterocycles. The van der Waals surface area contributed by atoms with Crippen LogP contribution in [0, 0.1) is 5.82 Å². The maximum Gasteiger partial charge on any atom is 0.137 e. The quantitative estimate of drug-likeness (QED) is 0.914. The van der Waals surface area contributed by atoms with Gasteiger partial charge in [-0.25, -0.2) is 9.37 Å². The van der Waals surface area contributed by atoms with E-state index in [1.807, 2.05) is 29.9 Å². The van der Waals surface area contributed by atoms with Crippen molar-refractivity contribution in [3.05, 3.63) is 52.3 Å². The molecule has 1 atom stereocenters. The van der Waals surface area contributed by atoms with Crippen LogP contribution in [0.1, 0.15) is 24.2 Å². The fourth-order valence-electron chi connectivity index (χ4n) is 2.04. The minimum absolute atomic E-state index is 0.142. The van der Waals surface area contributed by atoms with Crippen molar-refractivity contribution in [1.29, 1.82) is 0 Å². The number of likely N-dealkylation sites (N-methyl/N-ethyl adjacent to an activating group) is 1.